The Morgan fingerprint density at radius 2 is 1.79 bits per heavy atom. The molecule has 0 aliphatic rings. The fourth-order valence-electron chi connectivity index (χ4n) is 1.14. The first-order valence-electron chi connectivity index (χ1n) is 5.85. The number of hydrogen-bond donors (Lipinski definition) is 3. The fraction of sp³-hybridized carbons (Fsp3) is 0.818. The van der Waals surface area contributed by atoms with Crippen LogP contribution >= 0.6 is 0 Å². The summed E-state index contributed by atoms with van der Waals surface area (Å²) in [5.74, 6) is -1.54. The molecular formula is C11H22N2O5S. The Morgan fingerprint density at radius 3 is 2.16 bits per heavy atom. The highest BCUT2D eigenvalue weighted by Crippen LogP contribution is 2.10. The predicted octanol–water partition coefficient (Wildman–Crippen LogP) is 0.220. The maximum absolute atomic E-state index is 11.5. The van der Waals surface area contributed by atoms with Gasteiger partial charge in [-0.3, -0.25) is 0 Å². The second kappa shape index (κ2) is 6.74. The molecule has 0 fully saturated rings. The highest BCUT2D eigenvalue weighted by Gasteiger charge is 2.22. The van der Waals surface area contributed by atoms with Crippen LogP contribution in [0.25, 0.3) is 0 Å². The number of nitrogens with one attached hydrogen (secondary N) is 2. The second-order valence-corrected chi connectivity index (χ2v) is 7.96. The van der Waals surface area contributed by atoms with Gasteiger partial charge in [0.1, 0.15) is 15.9 Å². The van der Waals surface area contributed by atoms with Gasteiger partial charge in [-0.15, -0.1) is 0 Å². The monoisotopic (exact) mass is 294 g/mol. The average Bonchev–Trinajstić information content (AvgIpc) is 2.18. The summed E-state index contributed by atoms with van der Waals surface area (Å²) >= 11 is 0. The van der Waals surface area contributed by atoms with Crippen LogP contribution in [-0.2, 0) is 14.6 Å². The predicted molar refractivity (Wildman–Crippen MR) is 71.7 cm³/mol. The first-order valence-corrected chi connectivity index (χ1v) is 7.92. The summed E-state index contributed by atoms with van der Waals surface area (Å²) in [6.45, 7) is 6.15. The zero-order valence-corrected chi connectivity index (χ0v) is 12.5. The van der Waals surface area contributed by atoms with E-state index in [0.717, 1.165) is 6.26 Å². The molecule has 0 aromatic carbocycles. The van der Waals surface area contributed by atoms with Crippen molar-refractivity contribution in [3.05, 3.63) is 0 Å². The summed E-state index contributed by atoms with van der Waals surface area (Å²) in [5, 5.41) is 13.7. The third-order valence-electron chi connectivity index (χ3n) is 2.16. The van der Waals surface area contributed by atoms with Gasteiger partial charge >= 0.3 is 12.0 Å². The first kappa shape index (κ1) is 17.7. The molecule has 7 nitrogen and oxygen atoms in total. The van der Waals surface area contributed by atoms with Crippen LogP contribution in [0.4, 0.5) is 4.79 Å². The van der Waals surface area contributed by atoms with E-state index in [0.29, 0.717) is 6.54 Å². The smallest absolute Gasteiger partial charge is 0.326 e. The highest BCUT2D eigenvalue weighted by molar-refractivity contribution is 7.90. The second-order valence-electron chi connectivity index (χ2n) is 5.70. The van der Waals surface area contributed by atoms with Crippen molar-refractivity contribution < 1.29 is 23.1 Å². The van der Waals surface area contributed by atoms with Gasteiger partial charge in [0.25, 0.3) is 0 Å². The van der Waals surface area contributed by atoms with E-state index in [1.807, 2.05) is 20.8 Å². The summed E-state index contributed by atoms with van der Waals surface area (Å²) in [6.07, 6.45) is 0.864. The van der Waals surface area contributed by atoms with Gasteiger partial charge in [-0.1, -0.05) is 20.8 Å². The van der Waals surface area contributed by atoms with E-state index >= 15 is 0 Å². The summed E-state index contributed by atoms with van der Waals surface area (Å²) in [5.41, 5.74) is -0.122. The Balaban J connectivity index is 4.35. The summed E-state index contributed by atoms with van der Waals surface area (Å²) in [4.78, 5) is 22.4. The third kappa shape index (κ3) is 10.3. The lowest BCUT2D eigenvalue weighted by molar-refractivity contribution is -0.139. The third-order valence-corrected chi connectivity index (χ3v) is 3.14. The molecule has 3 N–H and O–H groups in total. The van der Waals surface area contributed by atoms with Gasteiger partial charge in [0.15, 0.2) is 0 Å². The van der Waals surface area contributed by atoms with Gasteiger partial charge in [0, 0.05) is 12.8 Å². The molecular weight excluding hydrogens is 272 g/mol. The minimum Gasteiger partial charge on any atom is -0.480 e. The van der Waals surface area contributed by atoms with Crippen LogP contribution < -0.4 is 10.6 Å². The van der Waals surface area contributed by atoms with Crippen LogP contribution in [-0.4, -0.2) is 50.1 Å². The van der Waals surface area contributed by atoms with E-state index in [4.69, 9.17) is 5.11 Å². The minimum absolute atomic E-state index is 0.122. The van der Waals surface area contributed by atoms with E-state index in [1.54, 1.807) is 0 Å². The molecule has 19 heavy (non-hydrogen) atoms. The largest absolute Gasteiger partial charge is 0.480 e. The van der Waals surface area contributed by atoms with Gasteiger partial charge in [-0.05, 0) is 11.8 Å². The molecule has 0 heterocycles. The lowest BCUT2D eigenvalue weighted by atomic mass is 9.97. The zero-order valence-electron chi connectivity index (χ0n) is 11.7. The topological polar surface area (TPSA) is 113 Å². The summed E-state index contributed by atoms with van der Waals surface area (Å²) in [7, 11) is -3.26. The number of rotatable bonds is 6. The Morgan fingerprint density at radius 1 is 1.26 bits per heavy atom. The number of carboxylic acids is 1. The molecule has 0 spiro atoms. The van der Waals surface area contributed by atoms with Crippen molar-refractivity contribution in [2.24, 2.45) is 5.41 Å². The van der Waals surface area contributed by atoms with Crippen molar-refractivity contribution in [2.75, 3.05) is 18.6 Å². The highest BCUT2D eigenvalue weighted by atomic mass is 32.2. The van der Waals surface area contributed by atoms with E-state index in [2.05, 4.69) is 10.6 Å². The number of carbonyl (C=O) groups is 2. The molecule has 0 rings (SSSR count). The van der Waals surface area contributed by atoms with Gasteiger partial charge in [0.2, 0.25) is 0 Å². The number of hydrogen-bond acceptors (Lipinski definition) is 4. The van der Waals surface area contributed by atoms with E-state index in [-0.39, 0.29) is 17.6 Å². The Labute approximate surface area is 113 Å². The van der Waals surface area contributed by atoms with Crippen LogP contribution in [0.3, 0.4) is 0 Å². The normalized spacial score (nSPS) is 13.7. The van der Waals surface area contributed by atoms with Crippen LogP contribution in [0, 0.1) is 5.41 Å². The molecule has 0 radical (unpaired) electrons. The van der Waals surface area contributed by atoms with E-state index < -0.39 is 27.9 Å². The molecule has 0 aromatic rings. The molecule has 0 aromatic heterocycles. The lowest BCUT2D eigenvalue weighted by Crippen LogP contribution is -2.48. The molecule has 1 atom stereocenters. The molecule has 0 saturated heterocycles. The van der Waals surface area contributed by atoms with E-state index in [1.165, 1.54) is 0 Å². The number of aliphatic carboxylic acids is 1. The van der Waals surface area contributed by atoms with Crippen LogP contribution in [0.5, 0.6) is 0 Å². The number of carbonyl (C=O) groups excluding carboxylic acids is 1. The molecule has 0 aliphatic carbocycles. The van der Waals surface area contributed by atoms with Crippen LogP contribution in [0.15, 0.2) is 0 Å². The van der Waals surface area contributed by atoms with Crippen molar-refractivity contribution in [3.8, 4) is 0 Å². The summed E-state index contributed by atoms with van der Waals surface area (Å²) in [6, 6.07) is -1.83. The Kier molecular flexibility index (Phi) is 6.28. The number of amides is 2. The van der Waals surface area contributed by atoms with Crippen molar-refractivity contribution in [3.63, 3.8) is 0 Å². The van der Waals surface area contributed by atoms with Gasteiger partial charge in [-0.25, -0.2) is 18.0 Å². The summed E-state index contributed by atoms with van der Waals surface area (Å²) < 4.78 is 22.0. The minimum atomic E-state index is -3.26. The maximum atomic E-state index is 11.5. The van der Waals surface area contributed by atoms with Crippen LogP contribution in [0.2, 0.25) is 0 Å². The molecule has 112 valence electrons. The van der Waals surface area contributed by atoms with Gasteiger partial charge in [-0.2, -0.15) is 0 Å². The molecule has 2 amide bonds. The molecule has 1 unspecified atom stereocenters. The number of urea groups is 1. The number of sulfone groups is 1. The standard InChI is InChI=1S/C11H22N2O5S/c1-11(2,3)7-12-10(16)13-8(9(14)15)5-6-19(4,17)18/h8H,5-7H2,1-4H3,(H,14,15)(H2,12,13,16). The number of carboxylic acid groups (broad SMARTS) is 1. The fourth-order valence-corrected chi connectivity index (χ4v) is 1.81. The van der Waals surface area contributed by atoms with Crippen molar-refractivity contribution in [1.82, 2.24) is 10.6 Å². The Hall–Kier alpha value is -1.31. The van der Waals surface area contributed by atoms with Crippen LogP contribution in [0.1, 0.15) is 27.2 Å². The maximum Gasteiger partial charge on any atom is 0.326 e. The van der Waals surface area contributed by atoms with E-state index in [9.17, 15) is 18.0 Å². The van der Waals surface area contributed by atoms with Crippen molar-refractivity contribution >= 4 is 21.8 Å². The molecule has 0 aliphatic heterocycles. The first-order chi connectivity index (χ1) is 8.41. The molecule has 8 heteroatoms. The average molecular weight is 294 g/mol. The van der Waals surface area contributed by atoms with Crippen molar-refractivity contribution in [1.29, 1.82) is 0 Å². The van der Waals surface area contributed by atoms with Gasteiger partial charge < -0.3 is 15.7 Å². The molecule has 0 saturated carbocycles. The Bertz CT molecular complexity index is 425. The quantitative estimate of drug-likeness (QED) is 0.648. The molecule has 0 bridgehead atoms. The SMILES string of the molecule is CC(C)(C)CNC(=O)NC(CCS(C)(=O)=O)C(=O)O. The lowest BCUT2D eigenvalue weighted by Gasteiger charge is -2.20. The van der Waals surface area contributed by atoms with Crippen molar-refractivity contribution in [2.45, 2.75) is 33.2 Å². The van der Waals surface area contributed by atoms with Gasteiger partial charge in [0.05, 0.1) is 5.75 Å². The zero-order chi connectivity index (χ0) is 15.3.